The van der Waals surface area contributed by atoms with E-state index in [0.717, 1.165) is 11.3 Å². The second-order valence-electron chi connectivity index (χ2n) is 4.30. The second kappa shape index (κ2) is 6.75. The summed E-state index contributed by atoms with van der Waals surface area (Å²) < 4.78 is 10.7. The molecule has 5 nitrogen and oxygen atoms in total. The van der Waals surface area contributed by atoms with Crippen LogP contribution in [0.15, 0.2) is 34.9 Å². The van der Waals surface area contributed by atoms with Gasteiger partial charge in [-0.2, -0.15) is 0 Å². The number of carbonyl (C=O) groups is 1. The molecule has 0 spiro atoms. The predicted molar refractivity (Wildman–Crippen MR) is 75.5 cm³/mol. The van der Waals surface area contributed by atoms with Gasteiger partial charge in [0.25, 0.3) is 0 Å². The largest absolute Gasteiger partial charge is 0.497 e. The molecule has 2 rings (SSSR count). The highest BCUT2D eigenvalue weighted by Crippen LogP contribution is 2.23. The Morgan fingerprint density at radius 1 is 1.35 bits per heavy atom. The van der Waals surface area contributed by atoms with Crippen LogP contribution in [0.5, 0.6) is 5.75 Å². The molecule has 0 aliphatic heterocycles. The van der Waals surface area contributed by atoms with E-state index in [1.807, 2.05) is 31.2 Å². The minimum absolute atomic E-state index is 0.0108. The zero-order chi connectivity index (χ0) is 14.4. The number of hydrogen-bond donors (Lipinski definition) is 1. The van der Waals surface area contributed by atoms with E-state index in [0.29, 0.717) is 31.0 Å². The van der Waals surface area contributed by atoms with E-state index in [4.69, 9.17) is 9.15 Å². The zero-order valence-electron chi connectivity index (χ0n) is 11.7. The van der Waals surface area contributed by atoms with Crippen LogP contribution in [0.2, 0.25) is 0 Å². The van der Waals surface area contributed by atoms with Gasteiger partial charge in [0.1, 0.15) is 5.75 Å². The molecular weight excluding hydrogens is 256 g/mol. The molecule has 0 atom stereocenters. The molecule has 20 heavy (non-hydrogen) atoms. The number of hydrogen-bond acceptors (Lipinski definition) is 4. The van der Waals surface area contributed by atoms with Gasteiger partial charge in [-0.25, -0.2) is 4.98 Å². The third-order valence-corrected chi connectivity index (χ3v) is 2.87. The Labute approximate surface area is 118 Å². The summed E-state index contributed by atoms with van der Waals surface area (Å²) in [6, 6.07) is 7.55. The Bertz CT molecular complexity index is 561. The normalized spacial score (nSPS) is 10.3. The molecular formula is C15H18N2O3. The lowest BCUT2D eigenvalue weighted by atomic mass is 10.2. The first-order chi connectivity index (χ1) is 9.72. The first-order valence-electron chi connectivity index (χ1n) is 6.58. The van der Waals surface area contributed by atoms with E-state index >= 15 is 0 Å². The fourth-order valence-corrected chi connectivity index (χ4v) is 1.82. The van der Waals surface area contributed by atoms with Crippen molar-refractivity contribution in [2.24, 2.45) is 0 Å². The van der Waals surface area contributed by atoms with Crippen molar-refractivity contribution in [3.8, 4) is 17.1 Å². The number of methoxy groups -OCH3 is 1. The standard InChI is InChI=1S/C15H18N2O3/c1-3-16-14(18)8-9-15-17-10-13(20-15)11-4-6-12(19-2)7-5-11/h4-7,10H,3,8-9H2,1-2H3,(H,16,18). The van der Waals surface area contributed by atoms with Crippen LogP contribution in [0.4, 0.5) is 0 Å². The fraction of sp³-hybridized carbons (Fsp3) is 0.333. The molecule has 2 aromatic rings. The van der Waals surface area contributed by atoms with E-state index in [9.17, 15) is 4.79 Å². The highest BCUT2D eigenvalue weighted by Gasteiger charge is 2.08. The van der Waals surface area contributed by atoms with Gasteiger partial charge < -0.3 is 14.5 Å². The van der Waals surface area contributed by atoms with Crippen LogP contribution in [-0.4, -0.2) is 24.5 Å². The smallest absolute Gasteiger partial charge is 0.220 e. The van der Waals surface area contributed by atoms with Crippen molar-refractivity contribution in [1.29, 1.82) is 0 Å². The first-order valence-corrected chi connectivity index (χ1v) is 6.58. The van der Waals surface area contributed by atoms with Crippen molar-refractivity contribution in [2.45, 2.75) is 19.8 Å². The Morgan fingerprint density at radius 3 is 2.75 bits per heavy atom. The van der Waals surface area contributed by atoms with Crippen molar-refractivity contribution < 1.29 is 13.9 Å². The molecule has 0 radical (unpaired) electrons. The summed E-state index contributed by atoms with van der Waals surface area (Å²) in [6.45, 7) is 2.53. The monoisotopic (exact) mass is 274 g/mol. The first kappa shape index (κ1) is 14.1. The molecule has 0 fully saturated rings. The number of nitrogens with zero attached hydrogens (tertiary/aromatic N) is 1. The van der Waals surface area contributed by atoms with E-state index in [2.05, 4.69) is 10.3 Å². The number of ether oxygens (including phenoxy) is 1. The molecule has 1 N–H and O–H groups in total. The van der Waals surface area contributed by atoms with Gasteiger partial charge in [0, 0.05) is 24.9 Å². The van der Waals surface area contributed by atoms with Gasteiger partial charge in [0.15, 0.2) is 11.7 Å². The molecule has 5 heteroatoms. The van der Waals surface area contributed by atoms with Crippen LogP contribution >= 0.6 is 0 Å². The summed E-state index contributed by atoms with van der Waals surface area (Å²) in [5.41, 5.74) is 0.933. The Balaban J connectivity index is 1.99. The molecule has 0 saturated heterocycles. The minimum atomic E-state index is 0.0108. The maximum absolute atomic E-state index is 11.4. The van der Waals surface area contributed by atoms with Crippen LogP contribution in [0.1, 0.15) is 19.2 Å². The molecule has 0 aliphatic rings. The third kappa shape index (κ3) is 3.60. The maximum Gasteiger partial charge on any atom is 0.220 e. The van der Waals surface area contributed by atoms with Gasteiger partial charge in [-0.05, 0) is 31.2 Å². The predicted octanol–water partition coefficient (Wildman–Crippen LogP) is 2.42. The van der Waals surface area contributed by atoms with E-state index in [-0.39, 0.29) is 5.91 Å². The molecule has 1 aromatic heterocycles. The Hall–Kier alpha value is -2.30. The topological polar surface area (TPSA) is 64.4 Å². The van der Waals surface area contributed by atoms with Crippen molar-refractivity contribution in [1.82, 2.24) is 10.3 Å². The molecule has 0 aliphatic carbocycles. The molecule has 0 saturated carbocycles. The number of rotatable bonds is 6. The average molecular weight is 274 g/mol. The van der Waals surface area contributed by atoms with Gasteiger partial charge in [0.05, 0.1) is 13.3 Å². The lowest BCUT2D eigenvalue weighted by molar-refractivity contribution is -0.121. The molecule has 0 unspecified atom stereocenters. The van der Waals surface area contributed by atoms with Crippen LogP contribution in [0.25, 0.3) is 11.3 Å². The van der Waals surface area contributed by atoms with Crippen molar-refractivity contribution >= 4 is 5.91 Å². The average Bonchev–Trinajstić information content (AvgIpc) is 2.94. The van der Waals surface area contributed by atoms with Gasteiger partial charge in [-0.15, -0.1) is 0 Å². The highest BCUT2D eigenvalue weighted by atomic mass is 16.5. The number of nitrogens with one attached hydrogen (secondary N) is 1. The maximum atomic E-state index is 11.4. The highest BCUT2D eigenvalue weighted by molar-refractivity contribution is 5.75. The van der Waals surface area contributed by atoms with Crippen molar-refractivity contribution in [3.05, 3.63) is 36.4 Å². The Morgan fingerprint density at radius 2 is 2.10 bits per heavy atom. The second-order valence-corrected chi connectivity index (χ2v) is 4.30. The SMILES string of the molecule is CCNC(=O)CCc1ncc(-c2ccc(OC)cc2)o1. The van der Waals surface area contributed by atoms with Crippen LogP contribution in [0, 0.1) is 0 Å². The number of carbonyl (C=O) groups excluding carboxylic acids is 1. The fourth-order valence-electron chi connectivity index (χ4n) is 1.82. The van der Waals surface area contributed by atoms with Gasteiger partial charge >= 0.3 is 0 Å². The number of aromatic nitrogens is 1. The van der Waals surface area contributed by atoms with E-state index < -0.39 is 0 Å². The number of aryl methyl sites for hydroxylation is 1. The zero-order valence-corrected chi connectivity index (χ0v) is 11.7. The summed E-state index contributed by atoms with van der Waals surface area (Å²) in [4.78, 5) is 15.6. The third-order valence-electron chi connectivity index (χ3n) is 2.87. The van der Waals surface area contributed by atoms with E-state index in [1.54, 1.807) is 13.3 Å². The molecule has 1 heterocycles. The van der Waals surface area contributed by atoms with Gasteiger partial charge in [0.2, 0.25) is 5.91 Å². The summed E-state index contributed by atoms with van der Waals surface area (Å²) in [5, 5.41) is 2.74. The minimum Gasteiger partial charge on any atom is -0.497 e. The lowest BCUT2D eigenvalue weighted by Crippen LogP contribution is -2.22. The summed E-state index contributed by atoms with van der Waals surface area (Å²) in [5.74, 6) is 2.07. The summed E-state index contributed by atoms with van der Waals surface area (Å²) >= 11 is 0. The van der Waals surface area contributed by atoms with Crippen LogP contribution in [-0.2, 0) is 11.2 Å². The van der Waals surface area contributed by atoms with Gasteiger partial charge in [-0.3, -0.25) is 4.79 Å². The van der Waals surface area contributed by atoms with Crippen LogP contribution in [0.3, 0.4) is 0 Å². The van der Waals surface area contributed by atoms with Crippen molar-refractivity contribution in [2.75, 3.05) is 13.7 Å². The molecule has 0 bridgehead atoms. The number of amides is 1. The summed E-state index contributed by atoms with van der Waals surface area (Å²) in [6.07, 6.45) is 2.56. The number of oxazole rings is 1. The van der Waals surface area contributed by atoms with Crippen LogP contribution < -0.4 is 10.1 Å². The Kier molecular flexibility index (Phi) is 4.76. The lowest BCUT2D eigenvalue weighted by Gasteiger charge is -2.00. The molecule has 106 valence electrons. The van der Waals surface area contributed by atoms with Crippen molar-refractivity contribution in [3.63, 3.8) is 0 Å². The van der Waals surface area contributed by atoms with E-state index in [1.165, 1.54) is 0 Å². The van der Waals surface area contributed by atoms with Gasteiger partial charge in [-0.1, -0.05) is 0 Å². The quantitative estimate of drug-likeness (QED) is 0.878. The number of benzene rings is 1. The molecule has 1 aromatic carbocycles. The summed E-state index contributed by atoms with van der Waals surface area (Å²) in [7, 11) is 1.63. The molecule has 1 amide bonds.